The zero-order valence-electron chi connectivity index (χ0n) is 14.3. The van der Waals surface area contributed by atoms with Gasteiger partial charge in [0.05, 0.1) is 30.1 Å². The third-order valence-corrected chi connectivity index (χ3v) is 3.89. The number of carbonyl (C=O) groups is 2. The molecule has 0 aliphatic heterocycles. The van der Waals surface area contributed by atoms with Crippen LogP contribution in [-0.2, 0) is 9.59 Å². The van der Waals surface area contributed by atoms with Crippen molar-refractivity contribution >= 4 is 11.8 Å². The Morgan fingerprint density at radius 3 is 2.20 bits per heavy atom. The average Bonchev–Trinajstić information content (AvgIpc) is 2.61. The number of hydrogen-bond donors (Lipinski definition) is 2. The lowest BCUT2D eigenvalue weighted by Crippen LogP contribution is -2.33. The summed E-state index contributed by atoms with van der Waals surface area (Å²) in [6.45, 7) is 3.32. The van der Waals surface area contributed by atoms with E-state index in [1.807, 2.05) is 49.4 Å². The van der Waals surface area contributed by atoms with Crippen LogP contribution in [0.25, 0.3) is 0 Å². The van der Waals surface area contributed by atoms with E-state index in [9.17, 15) is 9.59 Å². The molecule has 0 saturated carbocycles. The SMILES string of the molecule is CC(=O)NC(CC(=O)NC(C)c1ccc(C#N)cc1)c1ccccc1. The Morgan fingerprint density at radius 1 is 1.00 bits per heavy atom. The first-order valence-corrected chi connectivity index (χ1v) is 8.11. The van der Waals surface area contributed by atoms with Gasteiger partial charge in [-0.25, -0.2) is 0 Å². The molecule has 5 heteroatoms. The minimum absolute atomic E-state index is 0.153. The van der Waals surface area contributed by atoms with Gasteiger partial charge in [0.1, 0.15) is 0 Å². The first-order chi connectivity index (χ1) is 12.0. The van der Waals surface area contributed by atoms with Crippen molar-refractivity contribution in [2.45, 2.75) is 32.4 Å². The second kappa shape index (κ2) is 8.65. The molecule has 0 spiro atoms. The molecule has 2 aromatic carbocycles. The van der Waals surface area contributed by atoms with Crippen LogP contribution in [-0.4, -0.2) is 11.8 Å². The van der Waals surface area contributed by atoms with Crippen LogP contribution in [0.15, 0.2) is 54.6 Å². The number of nitrogens with one attached hydrogen (secondary N) is 2. The van der Waals surface area contributed by atoms with E-state index in [0.717, 1.165) is 11.1 Å². The van der Waals surface area contributed by atoms with Crippen molar-refractivity contribution in [1.82, 2.24) is 10.6 Å². The summed E-state index contributed by atoms with van der Waals surface area (Å²) in [5.74, 6) is -0.332. The molecule has 2 rings (SSSR count). The smallest absolute Gasteiger partial charge is 0.222 e. The normalized spacial score (nSPS) is 12.5. The Bertz CT molecular complexity index is 764. The van der Waals surface area contributed by atoms with Crippen molar-refractivity contribution < 1.29 is 9.59 Å². The van der Waals surface area contributed by atoms with Crippen molar-refractivity contribution in [3.05, 3.63) is 71.3 Å². The van der Waals surface area contributed by atoms with E-state index in [1.165, 1.54) is 6.92 Å². The van der Waals surface area contributed by atoms with E-state index in [1.54, 1.807) is 12.1 Å². The highest BCUT2D eigenvalue weighted by atomic mass is 16.2. The van der Waals surface area contributed by atoms with Crippen LogP contribution < -0.4 is 10.6 Å². The van der Waals surface area contributed by atoms with Crippen LogP contribution >= 0.6 is 0 Å². The fourth-order valence-corrected chi connectivity index (χ4v) is 2.60. The Hall–Kier alpha value is -3.13. The maximum atomic E-state index is 12.4. The summed E-state index contributed by atoms with van der Waals surface area (Å²) < 4.78 is 0. The zero-order chi connectivity index (χ0) is 18.2. The fourth-order valence-electron chi connectivity index (χ4n) is 2.60. The lowest BCUT2D eigenvalue weighted by atomic mass is 10.0. The molecule has 0 aromatic heterocycles. The third-order valence-electron chi connectivity index (χ3n) is 3.89. The predicted molar refractivity (Wildman–Crippen MR) is 95.3 cm³/mol. The maximum Gasteiger partial charge on any atom is 0.222 e. The topological polar surface area (TPSA) is 82.0 Å². The van der Waals surface area contributed by atoms with E-state index in [2.05, 4.69) is 16.7 Å². The number of amides is 2. The summed E-state index contributed by atoms with van der Waals surface area (Å²) in [6, 6.07) is 18.0. The standard InChI is InChI=1S/C20H21N3O2/c1-14(17-10-8-16(13-21)9-11-17)22-20(25)12-19(23-15(2)24)18-6-4-3-5-7-18/h3-11,14,19H,12H2,1-2H3,(H,22,25)(H,23,24). The quantitative estimate of drug-likeness (QED) is 0.851. The Kier molecular flexibility index (Phi) is 6.30. The molecular formula is C20H21N3O2. The monoisotopic (exact) mass is 335 g/mol. The van der Waals surface area contributed by atoms with Gasteiger partial charge in [0.2, 0.25) is 11.8 Å². The van der Waals surface area contributed by atoms with Crippen LogP contribution in [0.4, 0.5) is 0 Å². The molecule has 0 aliphatic carbocycles. The van der Waals surface area contributed by atoms with Gasteiger partial charge < -0.3 is 10.6 Å². The highest BCUT2D eigenvalue weighted by Gasteiger charge is 2.18. The summed E-state index contributed by atoms with van der Waals surface area (Å²) in [7, 11) is 0. The second-order valence-corrected chi connectivity index (χ2v) is 5.89. The van der Waals surface area contributed by atoms with Gasteiger partial charge >= 0.3 is 0 Å². The lowest BCUT2D eigenvalue weighted by Gasteiger charge is -2.20. The molecule has 0 aliphatic rings. The van der Waals surface area contributed by atoms with Gasteiger partial charge in [0.15, 0.2) is 0 Å². The van der Waals surface area contributed by atoms with E-state index in [0.29, 0.717) is 5.56 Å². The first-order valence-electron chi connectivity index (χ1n) is 8.11. The number of nitriles is 1. The number of rotatable bonds is 6. The van der Waals surface area contributed by atoms with E-state index in [-0.39, 0.29) is 30.3 Å². The number of carbonyl (C=O) groups excluding carboxylic acids is 2. The van der Waals surface area contributed by atoms with Gasteiger partial charge in [-0.2, -0.15) is 5.26 Å². The second-order valence-electron chi connectivity index (χ2n) is 5.89. The summed E-state index contributed by atoms with van der Waals surface area (Å²) in [6.07, 6.45) is 0.157. The summed E-state index contributed by atoms with van der Waals surface area (Å²) in [4.78, 5) is 23.8. The van der Waals surface area contributed by atoms with Crippen molar-refractivity contribution in [2.75, 3.05) is 0 Å². The molecule has 5 nitrogen and oxygen atoms in total. The predicted octanol–water partition coefficient (Wildman–Crippen LogP) is 3.00. The molecule has 25 heavy (non-hydrogen) atoms. The Balaban J connectivity index is 2.02. The molecule has 128 valence electrons. The molecule has 2 aromatic rings. The van der Waals surface area contributed by atoms with Crippen LogP contribution in [0.5, 0.6) is 0 Å². The van der Waals surface area contributed by atoms with Crippen molar-refractivity contribution in [3.63, 3.8) is 0 Å². The van der Waals surface area contributed by atoms with Crippen molar-refractivity contribution in [1.29, 1.82) is 5.26 Å². The van der Waals surface area contributed by atoms with Gasteiger partial charge in [-0.3, -0.25) is 9.59 Å². The van der Waals surface area contributed by atoms with Crippen LogP contribution in [0.3, 0.4) is 0 Å². The van der Waals surface area contributed by atoms with Gasteiger partial charge in [-0.15, -0.1) is 0 Å². The summed E-state index contributed by atoms with van der Waals surface area (Å²) >= 11 is 0. The molecule has 2 amide bonds. The Labute approximate surface area is 147 Å². The maximum absolute atomic E-state index is 12.4. The molecule has 2 unspecified atom stereocenters. The number of nitrogens with zero attached hydrogens (tertiary/aromatic N) is 1. The van der Waals surface area contributed by atoms with E-state index in [4.69, 9.17) is 5.26 Å². The summed E-state index contributed by atoms with van der Waals surface area (Å²) in [5, 5.41) is 14.6. The molecule has 2 atom stereocenters. The Morgan fingerprint density at radius 2 is 1.64 bits per heavy atom. The van der Waals surface area contributed by atoms with Crippen LogP contribution in [0.2, 0.25) is 0 Å². The first kappa shape index (κ1) is 18.2. The lowest BCUT2D eigenvalue weighted by molar-refractivity contribution is -0.123. The third kappa shape index (κ3) is 5.47. The molecule has 0 radical (unpaired) electrons. The number of hydrogen-bond acceptors (Lipinski definition) is 3. The van der Waals surface area contributed by atoms with E-state index < -0.39 is 0 Å². The van der Waals surface area contributed by atoms with Crippen molar-refractivity contribution in [2.24, 2.45) is 0 Å². The highest BCUT2D eigenvalue weighted by Crippen LogP contribution is 2.18. The van der Waals surface area contributed by atoms with Crippen LogP contribution in [0.1, 0.15) is 49.0 Å². The van der Waals surface area contributed by atoms with Gasteiger partial charge in [-0.1, -0.05) is 42.5 Å². The number of benzene rings is 2. The molecular weight excluding hydrogens is 314 g/mol. The highest BCUT2D eigenvalue weighted by molar-refractivity contribution is 5.79. The minimum Gasteiger partial charge on any atom is -0.350 e. The molecule has 0 saturated heterocycles. The fraction of sp³-hybridized carbons (Fsp3) is 0.250. The minimum atomic E-state index is -0.369. The van der Waals surface area contributed by atoms with E-state index >= 15 is 0 Å². The average molecular weight is 335 g/mol. The molecule has 0 heterocycles. The van der Waals surface area contributed by atoms with Gasteiger partial charge in [0.25, 0.3) is 0 Å². The summed E-state index contributed by atoms with van der Waals surface area (Å²) in [5.41, 5.74) is 2.39. The largest absolute Gasteiger partial charge is 0.350 e. The van der Waals surface area contributed by atoms with Gasteiger partial charge in [0, 0.05) is 6.92 Å². The molecule has 2 N–H and O–H groups in total. The molecule has 0 fully saturated rings. The van der Waals surface area contributed by atoms with Crippen molar-refractivity contribution in [3.8, 4) is 6.07 Å². The molecule has 0 bridgehead atoms. The van der Waals surface area contributed by atoms with Crippen LogP contribution in [0, 0.1) is 11.3 Å². The zero-order valence-corrected chi connectivity index (χ0v) is 14.3. The van der Waals surface area contributed by atoms with Gasteiger partial charge in [-0.05, 0) is 30.2 Å².